The second-order valence-corrected chi connectivity index (χ2v) is 6.97. The number of imidazole rings is 1. The highest BCUT2D eigenvalue weighted by molar-refractivity contribution is 5.34. The number of aliphatic hydroxyl groups is 1. The van der Waals surface area contributed by atoms with Crippen LogP contribution in [0, 0.1) is 0 Å². The first-order valence-corrected chi connectivity index (χ1v) is 9.09. The minimum Gasteiger partial charge on any atom is -0.389 e. The molecule has 134 valence electrons. The van der Waals surface area contributed by atoms with E-state index in [1.54, 1.807) is 6.20 Å². The summed E-state index contributed by atoms with van der Waals surface area (Å²) in [6, 6.07) is 8.87. The Bertz CT molecular complexity index is 659. The number of ether oxygens (including phenoxy) is 1. The number of aliphatic hydroxyl groups excluding tert-OH is 1. The van der Waals surface area contributed by atoms with Gasteiger partial charge in [0.15, 0.2) is 0 Å². The third-order valence-electron chi connectivity index (χ3n) is 5.26. The van der Waals surface area contributed by atoms with Crippen LogP contribution in [0.1, 0.15) is 12.0 Å². The zero-order valence-corrected chi connectivity index (χ0v) is 14.5. The Balaban J connectivity index is 1.33. The van der Waals surface area contributed by atoms with Crippen LogP contribution >= 0.6 is 0 Å². The van der Waals surface area contributed by atoms with E-state index in [4.69, 9.17) is 4.74 Å². The molecule has 0 unspecified atom stereocenters. The molecule has 2 saturated heterocycles. The zero-order chi connectivity index (χ0) is 17.1. The second-order valence-electron chi connectivity index (χ2n) is 6.97. The maximum Gasteiger partial charge on any atom is 0.0991 e. The van der Waals surface area contributed by atoms with Crippen LogP contribution in [0.15, 0.2) is 43.0 Å². The number of hydrogen-bond donors (Lipinski definition) is 1. The topological polar surface area (TPSA) is 53.8 Å². The zero-order valence-electron chi connectivity index (χ0n) is 14.5. The van der Waals surface area contributed by atoms with E-state index in [9.17, 15) is 5.11 Å². The maximum absolute atomic E-state index is 10.1. The van der Waals surface area contributed by atoms with Crippen LogP contribution in [0.4, 0.5) is 0 Å². The highest BCUT2D eigenvalue weighted by Gasteiger charge is 2.32. The lowest BCUT2D eigenvalue weighted by Gasteiger charge is -2.28. The van der Waals surface area contributed by atoms with Crippen LogP contribution in [0.2, 0.25) is 0 Å². The predicted molar refractivity (Wildman–Crippen MR) is 95.6 cm³/mol. The molecular weight excluding hydrogens is 316 g/mol. The Labute approximate surface area is 148 Å². The number of hydrogen-bond acceptors (Lipinski definition) is 5. The van der Waals surface area contributed by atoms with Crippen molar-refractivity contribution in [3.8, 4) is 5.69 Å². The van der Waals surface area contributed by atoms with Crippen molar-refractivity contribution in [2.24, 2.45) is 0 Å². The van der Waals surface area contributed by atoms with E-state index in [1.165, 1.54) is 5.56 Å². The largest absolute Gasteiger partial charge is 0.389 e. The normalized spacial score (nSPS) is 26.0. The van der Waals surface area contributed by atoms with E-state index >= 15 is 0 Å². The molecule has 1 N–H and O–H groups in total. The van der Waals surface area contributed by atoms with Crippen LogP contribution in [-0.4, -0.2) is 76.0 Å². The molecule has 2 atom stereocenters. The number of aromatic nitrogens is 2. The molecule has 0 spiro atoms. The van der Waals surface area contributed by atoms with Crippen molar-refractivity contribution >= 4 is 0 Å². The van der Waals surface area contributed by atoms with Gasteiger partial charge in [-0.3, -0.25) is 9.80 Å². The van der Waals surface area contributed by atoms with Crippen molar-refractivity contribution in [1.29, 1.82) is 0 Å². The van der Waals surface area contributed by atoms with Gasteiger partial charge in [0.05, 0.1) is 31.7 Å². The molecule has 2 aliphatic heterocycles. The first-order chi connectivity index (χ1) is 12.3. The molecule has 4 rings (SSSR count). The van der Waals surface area contributed by atoms with E-state index in [1.807, 2.05) is 17.1 Å². The molecule has 0 saturated carbocycles. The molecular formula is C19H26N4O2. The summed E-state index contributed by atoms with van der Waals surface area (Å²) in [6.07, 6.45) is 6.38. The van der Waals surface area contributed by atoms with E-state index in [-0.39, 0.29) is 12.1 Å². The molecule has 2 aliphatic rings. The minimum absolute atomic E-state index is 0.175. The fraction of sp³-hybridized carbons (Fsp3) is 0.526. The Morgan fingerprint density at radius 1 is 1.08 bits per heavy atom. The summed E-state index contributed by atoms with van der Waals surface area (Å²) in [5.74, 6) is 0. The lowest BCUT2D eigenvalue weighted by atomic mass is 10.2. The van der Waals surface area contributed by atoms with Crippen molar-refractivity contribution in [2.75, 3.05) is 39.4 Å². The third kappa shape index (κ3) is 3.93. The van der Waals surface area contributed by atoms with Gasteiger partial charge in [-0.2, -0.15) is 0 Å². The fourth-order valence-electron chi connectivity index (χ4n) is 3.80. The fourth-order valence-corrected chi connectivity index (χ4v) is 3.80. The van der Waals surface area contributed by atoms with Crippen LogP contribution in [0.25, 0.3) is 5.69 Å². The van der Waals surface area contributed by atoms with Crippen molar-refractivity contribution in [3.05, 3.63) is 48.5 Å². The van der Waals surface area contributed by atoms with Gasteiger partial charge in [-0.05, 0) is 37.2 Å². The van der Waals surface area contributed by atoms with Gasteiger partial charge in [-0.15, -0.1) is 0 Å². The molecule has 6 heteroatoms. The molecule has 25 heavy (non-hydrogen) atoms. The standard InChI is InChI=1S/C19H26N4O2/c24-19-14-25-13-18(19)22-8-1-7-21(10-11-22)12-16-2-4-17(5-3-16)23-9-6-20-15-23/h2-6,9,15,18-19,24H,1,7-8,10-14H2/t18-,19-/m0/s1. The van der Waals surface area contributed by atoms with Gasteiger partial charge in [0.2, 0.25) is 0 Å². The van der Waals surface area contributed by atoms with Crippen molar-refractivity contribution in [2.45, 2.75) is 25.1 Å². The molecule has 6 nitrogen and oxygen atoms in total. The molecule has 1 aromatic carbocycles. The van der Waals surface area contributed by atoms with Gasteiger partial charge in [0.25, 0.3) is 0 Å². The molecule has 0 bridgehead atoms. The highest BCUT2D eigenvalue weighted by Crippen LogP contribution is 2.17. The van der Waals surface area contributed by atoms with Gasteiger partial charge < -0.3 is 14.4 Å². The van der Waals surface area contributed by atoms with Gasteiger partial charge in [-0.1, -0.05) is 12.1 Å². The summed E-state index contributed by atoms with van der Waals surface area (Å²) < 4.78 is 7.43. The van der Waals surface area contributed by atoms with Crippen LogP contribution in [-0.2, 0) is 11.3 Å². The Hall–Kier alpha value is -1.73. The first kappa shape index (κ1) is 16.7. The van der Waals surface area contributed by atoms with E-state index in [2.05, 4.69) is 39.0 Å². The average molecular weight is 342 g/mol. The highest BCUT2D eigenvalue weighted by atomic mass is 16.5. The van der Waals surface area contributed by atoms with Crippen molar-refractivity contribution in [3.63, 3.8) is 0 Å². The second kappa shape index (κ2) is 7.66. The summed E-state index contributed by atoms with van der Waals surface area (Å²) in [5.41, 5.74) is 2.47. The Morgan fingerprint density at radius 2 is 1.96 bits per heavy atom. The summed E-state index contributed by atoms with van der Waals surface area (Å²) in [6.45, 7) is 6.29. The summed E-state index contributed by atoms with van der Waals surface area (Å²) in [5, 5.41) is 10.1. The summed E-state index contributed by atoms with van der Waals surface area (Å²) in [4.78, 5) is 9.00. The van der Waals surface area contributed by atoms with E-state index in [0.717, 1.165) is 44.8 Å². The van der Waals surface area contributed by atoms with Crippen molar-refractivity contribution in [1.82, 2.24) is 19.4 Å². The summed E-state index contributed by atoms with van der Waals surface area (Å²) in [7, 11) is 0. The van der Waals surface area contributed by atoms with Gasteiger partial charge >= 0.3 is 0 Å². The molecule has 2 fully saturated rings. The van der Waals surface area contributed by atoms with Crippen LogP contribution < -0.4 is 0 Å². The lowest BCUT2D eigenvalue weighted by molar-refractivity contribution is 0.0837. The van der Waals surface area contributed by atoms with Crippen LogP contribution in [0.3, 0.4) is 0 Å². The minimum atomic E-state index is -0.331. The number of rotatable bonds is 4. The molecule has 1 aromatic heterocycles. The molecule has 0 radical (unpaired) electrons. The van der Waals surface area contributed by atoms with E-state index < -0.39 is 0 Å². The summed E-state index contributed by atoms with van der Waals surface area (Å²) >= 11 is 0. The predicted octanol–water partition coefficient (Wildman–Crippen LogP) is 1.14. The van der Waals surface area contributed by atoms with Gasteiger partial charge in [0.1, 0.15) is 0 Å². The van der Waals surface area contributed by atoms with E-state index in [0.29, 0.717) is 13.2 Å². The monoisotopic (exact) mass is 342 g/mol. The van der Waals surface area contributed by atoms with Crippen LogP contribution in [0.5, 0.6) is 0 Å². The Morgan fingerprint density at radius 3 is 2.68 bits per heavy atom. The molecule has 2 aromatic rings. The van der Waals surface area contributed by atoms with Crippen molar-refractivity contribution < 1.29 is 9.84 Å². The lowest BCUT2D eigenvalue weighted by Crippen LogP contribution is -2.44. The quantitative estimate of drug-likeness (QED) is 0.903. The van der Waals surface area contributed by atoms with Gasteiger partial charge in [0, 0.05) is 37.7 Å². The number of nitrogens with zero attached hydrogens (tertiary/aromatic N) is 4. The first-order valence-electron chi connectivity index (χ1n) is 9.09. The van der Waals surface area contributed by atoms with Gasteiger partial charge in [-0.25, -0.2) is 4.98 Å². The Kier molecular flexibility index (Phi) is 5.12. The SMILES string of the molecule is O[C@H]1COC[C@@H]1N1CCCN(Cc2ccc(-n3ccnc3)cc2)CC1. The molecule has 0 aliphatic carbocycles. The third-order valence-corrected chi connectivity index (χ3v) is 5.26. The number of benzene rings is 1. The average Bonchev–Trinajstić information content (AvgIpc) is 3.25. The molecule has 0 amide bonds. The smallest absolute Gasteiger partial charge is 0.0991 e. The molecule has 3 heterocycles. The maximum atomic E-state index is 10.1.